The molecule has 0 atom stereocenters. The molecule has 120 valence electrons. The van der Waals surface area contributed by atoms with Gasteiger partial charge in [-0.3, -0.25) is 9.63 Å². The van der Waals surface area contributed by atoms with E-state index in [4.69, 9.17) is 16.4 Å². The monoisotopic (exact) mass is 331 g/mol. The van der Waals surface area contributed by atoms with Crippen LogP contribution in [0.5, 0.6) is 5.75 Å². The maximum Gasteiger partial charge on any atom is 0.278 e. The number of nitrogens with one attached hydrogen (secondary N) is 1. The fraction of sp³-hybridized carbons (Fsp3) is 0.278. The molecule has 3 rings (SSSR count). The van der Waals surface area contributed by atoms with Crippen molar-refractivity contribution in [3.8, 4) is 16.9 Å². The SMILES string of the molecule is O=C(NOCC1CCC1)c1cc(-c2ccccc2)cc(Cl)c1O. The van der Waals surface area contributed by atoms with Gasteiger partial charge < -0.3 is 5.11 Å². The second kappa shape index (κ2) is 7.02. The van der Waals surface area contributed by atoms with Crippen LogP contribution in [-0.2, 0) is 4.84 Å². The number of rotatable bonds is 5. The third-order valence-electron chi connectivity index (χ3n) is 4.12. The number of phenols is 1. The van der Waals surface area contributed by atoms with Gasteiger partial charge in [0.2, 0.25) is 0 Å². The van der Waals surface area contributed by atoms with E-state index < -0.39 is 5.91 Å². The summed E-state index contributed by atoms with van der Waals surface area (Å²) in [5.41, 5.74) is 4.17. The lowest BCUT2D eigenvalue weighted by Crippen LogP contribution is -2.28. The van der Waals surface area contributed by atoms with Crippen LogP contribution in [0.15, 0.2) is 42.5 Å². The van der Waals surface area contributed by atoms with Gasteiger partial charge in [-0.05, 0) is 42.0 Å². The number of phenolic OH excluding ortho intramolecular Hbond substituents is 1. The molecule has 0 aromatic heterocycles. The molecule has 23 heavy (non-hydrogen) atoms. The molecule has 2 aromatic carbocycles. The van der Waals surface area contributed by atoms with Crippen LogP contribution in [0.4, 0.5) is 0 Å². The molecule has 1 saturated carbocycles. The number of amides is 1. The fourth-order valence-electron chi connectivity index (χ4n) is 2.51. The maximum atomic E-state index is 12.2. The highest BCUT2D eigenvalue weighted by molar-refractivity contribution is 6.33. The number of aromatic hydroxyl groups is 1. The first-order chi connectivity index (χ1) is 11.1. The largest absolute Gasteiger partial charge is 0.506 e. The van der Waals surface area contributed by atoms with E-state index in [-0.39, 0.29) is 16.3 Å². The summed E-state index contributed by atoms with van der Waals surface area (Å²) in [5.74, 6) is -0.222. The average Bonchev–Trinajstić information content (AvgIpc) is 2.53. The van der Waals surface area contributed by atoms with Gasteiger partial charge in [0, 0.05) is 0 Å². The smallest absolute Gasteiger partial charge is 0.278 e. The van der Waals surface area contributed by atoms with E-state index >= 15 is 0 Å². The number of benzene rings is 2. The standard InChI is InChI=1S/C18H18ClNO3/c19-16-10-14(13-7-2-1-3-8-13)9-15(17(16)21)18(22)20-23-11-12-5-4-6-12/h1-3,7-10,12,21H,4-6,11H2,(H,20,22). The Balaban J connectivity index is 1.77. The molecule has 0 spiro atoms. The Morgan fingerprint density at radius 2 is 1.96 bits per heavy atom. The molecular formula is C18H18ClNO3. The Bertz CT molecular complexity index is 699. The van der Waals surface area contributed by atoms with Gasteiger partial charge in [0.1, 0.15) is 5.75 Å². The zero-order valence-electron chi connectivity index (χ0n) is 12.6. The Morgan fingerprint density at radius 3 is 2.61 bits per heavy atom. The minimum atomic E-state index is -0.499. The lowest BCUT2D eigenvalue weighted by atomic mass is 9.86. The van der Waals surface area contributed by atoms with E-state index in [1.165, 1.54) is 6.42 Å². The zero-order chi connectivity index (χ0) is 16.2. The summed E-state index contributed by atoms with van der Waals surface area (Å²) >= 11 is 6.06. The van der Waals surface area contributed by atoms with Crippen LogP contribution in [-0.4, -0.2) is 17.6 Å². The minimum absolute atomic E-state index is 0.102. The first-order valence-electron chi connectivity index (χ1n) is 7.65. The highest BCUT2D eigenvalue weighted by atomic mass is 35.5. The van der Waals surface area contributed by atoms with E-state index in [9.17, 15) is 9.90 Å². The molecule has 4 nitrogen and oxygen atoms in total. The zero-order valence-corrected chi connectivity index (χ0v) is 13.3. The first-order valence-corrected chi connectivity index (χ1v) is 8.03. The summed E-state index contributed by atoms with van der Waals surface area (Å²) in [6, 6.07) is 12.8. The van der Waals surface area contributed by atoms with E-state index in [0.29, 0.717) is 12.5 Å². The molecule has 1 fully saturated rings. The second-order valence-corrected chi connectivity index (χ2v) is 6.17. The van der Waals surface area contributed by atoms with Crippen molar-refractivity contribution in [3.63, 3.8) is 0 Å². The molecule has 0 unspecified atom stereocenters. The molecular weight excluding hydrogens is 314 g/mol. The van der Waals surface area contributed by atoms with Gasteiger partial charge in [0.05, 0.1) is 17.2 Å². The molecule has 0 radical (unpaired) electrons. The fourth-order valence-corrected chi connectivity index (χ4v) is 2.73. The number of halogens is 1. The van der Waals surface area contributed by atoms with E-state index in [2.05, 4.69) is 5.48 Å². The Hall–Kier alpha value is -2.04. The van der Waals surface area contributed by atoms with Crippen molar-refractivity contribution < 1.29 is 14.7 Å². The average molecular weight is 332 g/mol. The van der Waals surface area contributed by atoms with Crippen molar-refractivity contribution in [2.75, 3.05) is 6.61 Å². The highest BCUT2D eigenvalue weighted by Gasteiger charge is 2.20. The number of carbonyl (C=O) groups is 1. The molecule has 0 heterocycles. The quantitative estimate of drug-likeness (QED) is 0.808. The van der Waals surface area contributed by atoms with Crippen molar-refractivity contribution in [2.45, 2.75) is 19.3 Å². The van der Waals surface area contributed by atoms with Gasteiger partial charge in [-0.1, -0.05) is 48.4 Å². The van der Waals surface area contributed by atoms with Crippen LogP contribution < -0.4 is 5.48 Å². The predicted molar refractivity (Wildman–Crippen MR) is 89.3 cm³/mol. The first kappa shape index (κ1) is 15.8. The van der Waals surface area contributed by atoms with Crippen molar-refractivity contribution in [1.29, 1.82) is 0 Å². The van der Waals surface area contributed by atoms with Crippen LogP contribution in [0.25, 0.3) is 11.1 Å². The van der Waals surface area contributed by atoms with Gasteiger partial charge in [-0.2, -0.15) is 0 Å². The van der Waals surface area contributed by atoms with Crippen LogP contribution in [0.1, 0.15) is 29.6 Å². The third-order valence-corrected chi connectivity index (χ3v) is 4.41. The summed E-state index contributed by atoms with van der Waals surface area (Å²) < 4.78 is 0. The molecule has 2 aromatic rings. The van der Waals surface area contributed by atoms with Crippen molar-refractivity contribution >= 4 is 17.5 Å². The van der Waals surface area contributed by atoms with Gasteiger partial charge in [0.15, 0.2) is 0 Å². The molecule has 0 aliphatic heterocycles. The number of carbonyl (C=O) groups excluding carboxylic acids is 1. The van der Waals surface area contributed by atoms with Crippen LogP contribution >= 0.6 is 11.6 Å². The summed E-state index contributed by atoms with van der Waals surface area (Å²) in [5, 5.41) is 10.2. The minimum Gasteiger partial charge on any atom is -0.506 e. The lowest BCUT2D eigenvalue weighted by Gasteiger charge is -2.24. The summed E-state index contributed by atoms with van der Waals surface area (Å²) in [6.45, 7) is 0.499. The summed E-state index contributed by atoms with van der Waals surface area (Å²) in [4.78, 5) is 17.5. The summed E-state index contributed by atoms with van der Waals surface area (Å²) in [6.07, 6.45) is 3.49. The number of hydroxylamine groups is 1. The van der Waals surface area contributed by atoms with Crippen LogP contribution in [0, 0.1) is 5.92 Å². The Labute approximate surface area is 140 Å². The van der Waals surface area contributed by atoms with E-state index in [1.54, 1.807) is 12.1 Å². The molecule has 2 N–H and O–H groups in total. The Kier molecular flexibility index (Phi) is 4.84. The lowest BCUT2D eigenvalue weighted by molar-refractivity contribution is 0.00305. The molecule has 1 aliphatic rings. The molecule has 1 amide bonds. The van der Waals surface area contributed by atoms with Crippen molar-refractivity contribution in [1.82, 2.24) is 5.48 Å². The van der Waals surface area contributed by atoms with Crippen molar-refractivity contribution in [2.24, 2.45) is 5.92 Å². The van der Waals surface area contributed by atoms with Gasteiger partial charge in [-0.15, -0.1) is 0 Å². The Morgan fingerprint density at radius 1 is 1.22 bits per heavy atom. The van der Waals surface area contributed by atoms with Crippen LogP contribution in [0.2, 0.25) is 5.02 Å². The molecule has 0 bridgehead atoms. The topological polar surface area (TPSA) is 58.6 Å². The summed E-state index contributed by atoms with van der Waals surface area (Å²) in [7, 11) is 0. The third kappa shape index (κ3) is 3.66. The molecule has 0 saturated heterocycles. The van der Waals surface area contributed by atoms with Crippen LogP contribution in [0.3, 0.4) is 0 Å². The van der Waals surface area contributed by atoms with Crippen molar-refractivity contribution in [3.05, 3.63) is 53.1 Å². The normalized spacial score (nSPS) is 14.3. The number of hydrogen-bond acceptors (Lipinski definition) is 3. The van der Waals surface area contributed by atoms with E-state index in [0.717, 1.165) is 24.0 Å². The maximum absolute atomic E-state index is 12.2. The van der Waals surface area contributed by atoms with Gasteiger partial charge >= 0.3 is 0 Å². The molecule has 1 aliphatic carbocycles. The second-order valence-electron chi connectivity index (χ2n) is 5.76. The molecule has 5 heteroatoms. The van der Waals surface area contributed by atoms with E-state index in [1.807, 2.05) is 30.3 Å². The number of hydrogen-bond donors (Lipinski definition) is 2. The van der Waals surface area contributed by atoms with Gasteiger partial charge in [0.25, 0.3) is 5.91 Å². The predicted octanol–water partition coefficient (Wildman–Crippen LogP) is 4.17. The van der Waals surface area contributed by atoms with Gasteiger partial charge in [-0.25, -0.2) is 5.48 Å². The highest BCUT2D eigenvalue weighted by Crippen LogP contribution is 2.33.